The largest absolute Gasteiger partial charge is 0.253 e. The molecule has 0 aromatic carbocycles. The van der Waals surface area contributed by atoms with Gasteiger partial charge in [0.2, 0.25) is 0 Å². The van der Waals surface area contributed by atoms with Crippen LogP contribution in [0.5, 0.6) is 0 Å². The number of hydrogen-bond donors (Lipinski definition) is 1. The van der Waals surface area contributed by atoms with E-state index in [1.165, 1.54) is 0 Å². The topological polar surface area (TPSA) is 40.9 Å². The molecule has 0 rings (SSSR count). The summed E-state index contributed by atoms with van der Waals surface area (Å²) >= 11 is 0. The Bertz CT molecular complexity index is 158. The van der Waals surface area contributed by atoms with E-state index in [-0.39, 0.29) is 0 Å². The van der Waals surface area contributed by atoms with Gasteiger partial charge in [0.25, 0.3) is 0 Å². The second kappa shape index (κ2) is 3.20. The molecule has 0 bridgehead atoms. The van der Waals surface area contributed by atoms with Gasteiger partial charge in [0.1, 0.15) is 0 Å². The average molecular weight is 149 g/mol. The Morgan fingerprint density at radius 2 is 2.00 bits per heavy atom. The SMILES string of the molecule is CC[S@](=N)(=O)CC(C)C. The van der Waals surface area contributed by atoms with Gasteiger partial charge in [0.15, 0.2) is 0 Å². The molecule has 0 aliphatic heterocycles. The van der Waals surface area contributed by atoms with Gasteiger partial charge in [-0.25, -0.2) is 4.21 Å². The van der Waals surface area contributed by atoms with Crippen LogP contribution < -0.4 is 0 Å². The lowest BCUT2D eigenvalue weighted by atomic mass is 10.3. The van der Waals surface area contributed by atoms with Crippen molar-refractivity contribution in [3.05, 3.63) is 0 Å². The van der Waals surface area contributed by atoms with Crippen LogP contribution in [-0.4, -0.2) is 15.7 Å². The van der Waals surface area contributed by atoms with E-state index in [0.29, 0.717) is 17.4 Å². The van der Waals surface area contributed by atoms with Crippen LogP contribution in [0.2, 0.25) is 0 Å². The smallest absolute Gasteiger partial charge is 0.0441 e. The fraction of sp³-hybridized carbons (Fsp3) is 1.00. The molecule has 0 amide bonds. The highest BCUT2D eigenvalue weighted by Gasteiger charge is 2.04. The molecule has 56 valence electrons. The Hall–Kier alpha value is -0.0500. The van der Waals surface area contributed by atoms with Gasteiger partial charge in [-0.1, -0.05) is 20.8 Å². The van der Waals surface area contributed by atoms with Gasteiger partial charge < -0.3 is 0 Å². The quantitative estimate of drug-likeness (QED) is 0.652. The van der Waals surface area contributed by atoms with Gasteiger partial charge in [-0.05, 0) is 5.92 Å². The first-order valence-corrected chi connectivity index (χ1v) is 5.11. The van der Waals surface area contributed by atoms with Crippen molar-refractivity contribution in [2.45, 2.75) is 20.8 Å². The van der Waals surface area contributed by atoms with Crippen molar-refractivity contribution in [1.82, 2.24) is 0 Å². The molecule has 0 saturated carbocycles. The summed E-state index contributed by atoms with van der Waals surface area (Å²) in [6.07, 6.45) is 0. The van der Waals surface area contributed by atoms with Crippen LogP contribution in [0, 0.1) is 10.7 Å². The van der Waals surface area contributed by atoms with Crippen molar-refractivity contribution in [2.24, 2.45) is 5.92 Å². The van der Waals surface area contributed by atoms with Crippen LogP contribution in [0.25, 0.3) is 0 Å². The molecule has 0 unspecified atom stereocenters. The first kappa shape index (κ1) is 8.95. The summed E-state index contributed by atoms with van der Waals surface area (Å²) in [5.41, 5.74) is 0. The van der Waals surface area contributed by atoms with Crippen LogP contribution >= 0.6 is 0 Å². The molecular formula is C6H15NOS. The third kappa shape index (κ3) is 4.45. The van der Waals surface area contributed by atoms with Gasteiger partial charge in [0.05, 0.1) is 0 Å². The fourth-order valence-corrected chi connectivity index (χ4v) is 1.97. The van der Waals surface area contributed by atoms with E-state index in [9.17, 15) is 4.21 Å². The average Bonchev–Trinajstić information content (AvgIpc) is 1.63. The zero-order chi connectivity index (χ0) is 7.49. The number of rotatable bonds is 3. The third-order valence-corrected chi connectivity index (χ3v) is 3.21. The zero-order valence-corrected chi connectivity index (χ0v) is 7.12. The molecule has 0 saturated heterocycles. The maximum atomic E-state index is 11.0. The molecule has 0 radical (unpaired) electrons. The van der Waals surface area contributed by atoms with Gasteiger partial charge in [0, 0.05) is 21.2 Å². The summed E-state index contributed by atoms with van der Waals surface area (Å²) in [6.45, 7) is 5.78. The Morgan fingerprint density at radius 1 is 1.56 bits per heavy atom. The van der Waals surface area contributed by atoms with Gasteiger partial charge >= 0.3 is 0 Å². The molecule has 1 atom stereocenters. The standard InChI is InChI=1S/C6H15NOS/c1-4-9(7,8)5-6(2)3/h6-7H,4-5H2,1-3H3/t9-/m0/s1. The summed E-state index contributed by atoms with van der Waals surface area (Å²) in [5.74, 6) is 1.42. The monoisotopic (exact) mass is 149 g/mol. The summed E-state index contributed by atoms with van der Waals surface area (Å²) in [4.78, 5) is 0. The highest BCUT2D eigenvalue weighted by molar-refractivity contribution is 7.92. The van der Waals surface area contributed by atoms with Crippen molar-refractivity contribution in [1.29, 1.82) is 4.78 Å². The van der Waals surface area contributed by atoms with Crippen molar-refractivity contribution >= 4 is 9.73 Å². The van der Waals surface area contributed by atoms with E-state index in [2.05, 4.69) is 0 Å². The van der Waals surface area contributed by atoms with E-state index in [1.54, 1.807) is 6.92 Å². The van der Waals surface area contributed by atoms with E-state index in [0.717, 1.165) is 0 Å². The predicted octanol–water partition coefficient (Wildman–Crippen LogP) is 1.71. The molecule has 0 aromatic heterocycles. The molecule has 0 spiro atoms. The van der Waals surface area contributed by atoms with Crippen LogP contribution in [0.1, 0.15) is 20.8 Å². The second-order valence-electron chi connectivity index (χ2n) is 2.66. The van der Waals surface area contributed by atoms with Gasteiger partial charge in [-0.15, -0.1) is 0 Å². The lowest BCUT2D eigenvalue weighted by Crippen LogP contribution is -2.11. The maximum Gasteiger partial charge on any atom is 0.0441 e. The van der Waals surface area contributed by atoms with Crippen LogP contribution in [0.4, 0.5) is 0 Å². The Balaban J connectivity index is 3.90. The zero-order valence-electron chi connectivity index (χ0n) is 6.31. The Kier molecular flexibility index (Phi) is 3.18. The van der Waals surface area contributed by atoms with Crippen molar-refractivity contribution in [3.63, 3.8) is 0 Å². The van der Waals surface area contributed by atoms with Crippen molar-refractivity contribution in [2.75, 3.05) is 11.5 Å². The fourth-order valence-electron chi connectivity index (χ4n) is 0.656. The minimum atomic E-state index is -2.22. The van der Waals surface area contributed by atoms with E-state index in [1.807, 2.05) is 13.8 Å². The summed E-state index contributed by atoms with van der Waals surface area (Å²) in [7, 11) is -2.22. The normalized spacial score (nSPS) is 17.8. The Morgan fingerprint density at radius 3 is 2.11 bits per heavy atom. The van der Waals surface area contributed by atoms with Crippen molar-refractivity contribution < 1.29 is 4.21 Å². The van der Waals surface area contributed by atoms with E-state index >= 15 is 0 Å². The number of nitrogens with one attached hydrogen (secondary N) is 1. The first-order chi connectivity index (χ1) is 3.98. The molecule has 2 nitrogen and oxygen atoms in total. The molecule has 3 heteroatoms. The highest BCUT2D eigenvalue weighted by Crippen LogP contribution is 2.00. The summed E-state index contributed by atoms with van der Waals surface area (Å²) < 4.78 is 18.3. The predicted molar refractivity (Wildman–Crippen MR) is 41.1 cm³/mol. The van der Waals surface area contributed by atoms with Crippen molar-refractivity contribution in [3.8, 4) is 0 Å². The molecule has 9 heavy (non-hydrogen) atoms. The summed E-state index contributed by atoms with van der Waals surface area (Å²) in [5, 5.41) is 0. The van der Waals surface area contributed by atoms with Gasteiger partial charge in [-0.3, -0.25) is 4.78 Å². The van der Waals surface area contributed by atoms with Crippen LogP contribution in [-0.2, 0) is 9.73 Å². The molecule has 1 N–H and O–H groups in total. The Labute approximate surface area is 57.6 Å². The maximum absolute atomic E-state index is 11.0. The second-order valence-corrected chi connectivity index (χ2v) is 5.20. The summed E-state index contributed by atoms with van der Waals surface area (Å²) in [6, 6.07) is 0. The molecule has 0 heterocycles. The van der Waals surface area contributed by atoms with Crippen LogP contribution in [0.15, 0.2) is 0 Å². The lowest BCUT2D eigenvalue weighted by molar-refractivity contribution is 0.656. The minimum absolute atomic E-state index is 0.384. The van der Waals surface area contributed by atoms with E-state index in [4.69, 9.17) is 4.78 Å². The molecule has 0 aromatic rings. The minimum Gasteiger partial charge on any atom is -0.253 e. The van der Waals surface area contributed by atoms with Crippen LogP contribution in [0.3, 0.4) is 0 Å². The van der Waals surface area contributed by atoms with E-state index < -0.39 is 9.73 Å². The molecular weight excluding hydrogens is 134 g/mol. The highest BCUT2D eigenvalue weighted by atomic mass is 32.2. The molecule has 0 aliphatic rings. The molecule has 0 fully saturated rings. The molecule has 0 aliphatic carbocycles. The number of hydrogen-bond acceptors (Lipinski definition) is 2. The lowest BCUT2D eigenvalue weighted by Gasteiger charge is -2.05. The van der Waals surface area contributed by atoms with Gasteiger partial charge in [-0.2, -0.15) is 0 Å². The third-order valence-electron chi connectivity index (χ3n) is 1.07. The first-order valence-electron chi connectivity index (χ1n) is 3.22.